The molecule has 5 unspecified atom stereocenters. The van der Waals surface area contributed by atoms with Gasteiger partial charge in [-0.2, -0.15) is 0 Å². The third kappa shape index (κ3) is 2.19. The predicted molar refractivity (Wildman–Crippen MR) is 48.6 cm³/mol. The first-order chi connectivity index (χ1) is 6.65. The Bertz CT molecular complexity index is 178. The number of hydrogen-bond acceptors (Lipinski definition) is 7. The number of hydrogen-bond donors (Lipinski definition) is 4. The van der Waals surface area contributed by atoms with E-state index in [1.807, 2.05) is 0 Å². The third-order valence-corrected chi connectivity index (χ3v) is 2.40. The first-order valence-corrected chi connectivity index (χ1v) is 4.47. The van der Waals surface area contributed by atoms with Crippen LogP contribution in [-0.2, 0) is 13.7 Å². The van der Waals surface area contributed by atoms with E-state index in [0.29, 0.717) is 0 Å². The molecule has 84 valence electrons. The molecule has 1 rings (SSSR count). The molecule has 0 spiro atoms. The van der Waals surface area contributed by atoms with Gasteiger partial charge in [-0.1, -0.05) is 0 Å². The van der Waals surface area contributed by atoms with Gasteiger partial charge in [0.25, 0.3) is 0 Å². The number of ether oxygens (including phenoxy) is 2. The van der Waals surface area contributed by atoms with Gasteiger partial charge in [0.2, 0.25) is 0 Å². The molecule has 0 aromatic heterocycles. The Kier molecular flexibility index (Phi) is 4.58. The van der Waals surface area contributed by atoms with E-state index in [1.54, 1.807) is 0 Å². The summed E-state index contributed by atoms with van der Waals surface area (Å²) in [6, 6.07) is 0. The lowest BCUT2D eigenvalue weighted by Crippen LogP contribution is -2.59. The number of methoxy groups -OCH3 is 1. The van der Waals surface area contributed by atoms with E-state index in [0.717, 1.165) is 0 Å². The van der Waals surface area contributed by atoms with Crippen LogP contribution < -0.4 is 0 Å². The van der Waals surface area contributed by atoms with Crippen LogP contribution in [0.25, 0.3) is 0 Å². The minimum atomic E-state index is -1.25. The smallest absolute Gasteiger partial charge is 0.199 e. The van der Waals surface area contributed by atoms with E-state index in [1.165, 1.54) is 7.11 Å². The zero-order valence-electron chi connectivity index (χ0n) is 7.61. The predicted octanol–water partition coefficient (Wildman–Crippen LogP) is -1.70. The number of rotatable bonds is 3. The molecule has 14 heavy (non-hydrogen) atoms. The quantitative estimate of drug-likeness (QED) is 0.339. The van der Waals surface area contributed by atoms with Crippen molar-refractivity contribution in [1.82, 2.24) is 0 Å². The summed E-state index contributed by atoms with van der Waals surface area (Å²) >= 11 is 3.48. The summed E-state index contributed by atoms with van der Waals surface area (Å²) in [5, 5.41) is 27.9. The van der Waals surface area contributed by atoms with Crippen molar-refractivity contribution in [2.24, 2.45) is 0 Å². The molecule has 0 radical (unpaired) electrons. The fraction of sp³-hybridized carbons (Fsp3) is 1.00. The highest BCUT2D eigenvalue weighted by Gasteiger charge is 2.44. The Morgan fingerprint density at radius 2 is 2.00 bits per heavy atom. The monoisotopic (exact) mass is 226 g/mol. The van der Waals surface area contributed by atoms with Crippen LogP contribution in [0, 0.1) is 0 Å². The van der Waals surface area contributed by atoms with Gasteiger partial charge in [0.15, 0.2) is 6.29 Å². The lowest BCUT2D eigenvalue weighted by molar-refractivity contribution is -0.278. The zero-order chi connectivity index (χ0) is 10.7. The molecule has 0 aromatic rings. The molecule has 1 saturated heterocycles. The molecule has 0 aromatic carbocycles. The van der Waals surface area contributed by atoms with Crippen molar-refractivity contribution in [2.75, 3.05) is 13.7 Å². The lowest BCUT2D eigenvalue weighted by atomic mass is 9.99. The molecular formula is C7H14O6S. The summed E-state index contributed by atoms with van der Waals surface area (Å²) in [4.78, 5) is 0. The molecule has 1 heterocycles. The van der Waals surface area contributed by atoms with Crippen molar-refractivity contribution in [3.63, 3.8) is 0 Å². The van der Waals surface area contributed by atoms with Crippen LogP contribution in [0.3, 0.4) is 0 Å². The Balaban J connectivity index is 2.71. The van der Waals surface area contributed by atoms with E-state index < -0.39 is 30.7 Å². The Hall–Kier alpha value is 0.110. The first kappa shape index (κ1) is 12.2. The van der Waals surface area contributed by atoms with E-state index in [9.17, 15) is 10.2 Å². The molecular weight excluding hydrogens is 212 g/mol. The highest BCUT2D eigenvalue weighted by molar-refractivity contribution is 7.75. The molecule has 7 heteroatoms. The van der Waals surface area contributed by atoms with Crippen LogP contribution in [0.4, 0.5) is 0 Å². The van der Waals surface area contributed by atoms with E-state index in [-0.39, 0.29) is 6.61 Å². The van der Waals surface area contributed by atoms with Crippen molar-refractivity contribution in [3.8, 4) is 0 Å². The van der Waals surface area contributed by atoms with Crippen LogP contribution in [0.15, 0.2) is 0 Å². The van der Waals surface area contributed by atoms with E-state index in [2.05, 4.69) is 17.1 Å². The SMILES string of the molecule is COC1C(CO)OC(OS)C(O)C1O. The van der Waals surface area contributed by atoms with Gasteiger partial charge in [-0.3, -0.25) is 4.18 Å². The molecule has 3 N–H and O–H groups in total. The van der Waals surface area contributed by atoms with Crippen molar-refractivity contribution in [3.05, 3.63) is 0 Å². The first-order valence-electron chi connectivity index (χ1n) is 4.11. The van der Waals surface area contributed by atoms with Crippen LogP contribution in [0.2, 0.25) is 0 Å². The maximum atomic E-state index is 9.56. The summed E-state index contributed by atoms with van der Waals surface area (Å²) in [6.45, 7) is -0.337. The van der Waals surface area contributed by atoms with Crippen molar-refractivity contribution in [2.45, 2.75) is 30.7 Å². The highest BCUT2D eigenvalue weighted by atomic mass is 32.1. The number of aliphatic hydroxyl groups is 3. The van der Waals surface area contributed by atoms with Gasteiger partial charge in [0.05, 0.1) is 6.61 Å². The van der Waals surface area contributed by atoms with Crippen molar-refractivity contribution >= 4 is 12.9 Å². The molecule has 0 bridgehead atoms. The highest BCUT2D eigenvalue weighted by Crippen LogP contribution is 2.24. The van der Waals surface area contributed by atoms with E-state index >= 15 is 0 Å². The largest absolute Gasteiger partial charge is 0.394 e. The summed E-state index contributed by atoms with van der Waals surface area (Å²) < 4.78 is 14.5. The summed E-state index contributed by atoms with van der Waals surface area (Å²) in [6.07, 6.45) is -5.02. The van der Waals surface area contributed by atoms with E-state index in [4.69, 9.17) is 14.6 Å². The summed E-state index contributed by atoms with van der Waals surface area (Å²) in [7, 11) is 1.36. The Labute approximate surface area is 87.0 Å². The van der Waals surface area contributed by atoms with Gasteiger partial charge in [-0.15, -0.1) is 0 Å². The fourth-order valence-corrected chi connectivity index (χ4v) is 1.61. The Morgan fingerprint density at radius 1 is 1.36 bits per heavy atom. The van der Waals surface area contributed by atoms with Crippen molar-refractivity contribution < 1.29 is 29.0 Å². The summed E-state index contributed by atoms with van der Waals surface area (Å²) in [5.41, 5.74) is 0. The molecule has 1 aliphatic heterocycles. The molecule has 0 saturated carbocycles. The topological polar surface area (TPSA) is 88.4 Å². The Morgan fingerprint density at radius 3 is 2.43 bits per heavy atom. The average Bonchev–Trinajstić information content (AvgIpc) is 2.21. The third-order valence-electron chi connectivity index (χ3n) is 2.20. The van der Waals surface area contributed by atoms with Gasteiger partial charge in [-0.25, -0.2) is 0 Å². The maximum Gasteiger partial charge on any atom is 0.199 e. The minimum Gasteiger partial charge on any atom is -0.394 e. The molecule has 0 aliphatic carbocycles. The van der Waals surface area contributed by atoms with Crippen LogP contribution in [0.5, 0.6) is 0 Å². The summed E-state index contributed by atoms with van der Waals surface area (Å²) in [5.74, 6) is 0. The molecule has 6 nitrogen and oxygen atoms in total. The number of thiol groups is 1. The normalized spacial score (nSPS) is 43.9. The van der Waals surface area contributed by atoms with Gasteiger partial charge in [-0.05, 0) is 12.9 Å². The maximum absolute atomic E-state index is 9.56. The molecule has 5 atom stereocenters. The fourth-order valence-electron chi connectivity index (χ4n) is 1.43. The molecule has 0 amide bonds. The minimum absolute atomic E-state index is 0.337. The van der Waals surface area contributed by atoms with Gasteiger partial charge < -0.3 is 24.8 Å². The van der Waals surface area contributed by atoms with Crippen molar-refractivity contribution in [1.29, 1.82) is 0 Å². The van der Waals surface area contributed by atoms with Gasteiger partial charge in [0, 0.05) is 7.11 Å². The van der Waals surface area contributed by atoms with Gasteiger partial charge >= 0.3 is 0 Å². The average molecular weight is 226 g/mol. The standard InChI is InChI=1S/C7H14O6S/c1-11-6-3(2-8)12-7(13-14)5(10)4(6)9/h3-10,14H,2H2,1H3. The zero-order valence-corrected chi connectivity index (χ0v) is 8.50. The van der Waals surface area contributed by atoms with Crippen LogP contribution in [0.1, 0.15) is 0 Å². The van der Waals surface area contributed by atoms with Crippen LogP contribution >= 0.6 is 12.9 Å². The van der Waals surface area contributed by atoms with Crippen LogP contribution in [-0.4, -0.2) is 59.7 Å². The second kappa shape index (κ2) is 5.26. The second-order valence-electron chi connectivity index (χ2n) is 3.01. The molecule has 1 aliphatic rings. The lowest BCUT2D eigenvalue weighted by Gasteiger charge is -2.40. The number of aliphatic hydroxyl groups excluding tert-OH is 3. The second-order valence-corrected chi connectivity index (χ2v) is 3.22. The van der Waals surface area contributed by atoms with Gasteiger partial charge in [0.1, 0.15) is 24.4 Å². The molecule has 1 fully saturated rings.